The lowest BCUT2D eigenvalue weighted by Gasteiger charge is -2.34. The van der Waals surface area contributed by atoms with Crippen LogP contribution in [0.4, 0.5) is 4.79 Å². The second kappa shape index (κ2) is 11.6. The summed E-state index contributed by atoms with van der Waals surface area (Å²) in [6.07, 6.45) is 1.43. The minimum absolute atomic E-state index is 0.00699. The standard InChI is InChI=1S/C20H32N4O3/c1-23(16-17-6-4-3-5-7-17)20(26)24-13-8-18(9-14-24)19(25)22-11-10-21-12-15-27-2/h3-7,18,21H,8-16H2,1-2H3,(H,22,25). The predicted octanol–water partition coefficient (Wildman–Crippen LogP) is 1.30. The lowest BCUT2D eigenvalue weighted by atomic mass is 9.96. The summed E-state index contributed by atoms with van der Waals surface area (Å²) < 4.78 is 4.96. The molecular weight excluding hydrogens is 344 g/mol. The van der Waals surface area contributed by atoms with Crippen LogP contribution in [0.5, 0.6) is 0 Å². The third-order valence-electron chi connectivity index (χ3n) is 4.81. The number of nitrogens with one attached hydrogen (secondary N) is 2. The summed E-state index contributed by atoms with van der Waals surface area (Å²) in [4.78, 5) is 28.5. The number of amides is 3. The summed E-state index contributed by atoms with van der Waals surface area (Å²) in [7, 11) is 3.49. The van der Waals surface area contributed by atoms with Gasteiger partial charge in [-0.1, -0.05) is 30.3 Å². The molecule has 1 aromatic carbocycles. The van der Waals surface area contributed by atoms with Crippen molar-refractivity contribution in [3.63, 3.8) is 0 Å². The van der Waals surface area contributed by atoms with Crippen molar-refractivity contribution < 1.29 is 14.3 Å². The van der Waals surface area contributed by atoms with Gasteiger partial charge in [-0.25, -0.2) is 4.79 Å². The van der Waals surface area contributed by atoms with Crippen molar-refractivity contribution >= 4 is 11.9 Å². The Morgan fingerprint density at radius 1 is 1.15 bits per heavy atom. The van der Waals surface area contributed by atoms with Gasteiger partial charge in [0.05, 0.1) is 6.61 Å². The van der Waals surface area contributed by atoms with E-state index in [1.165, 1.54) is 0 Å². The third kappa shape index (κ3) is 7.19. The molecule has 0 radical (unpaired) electrons. The van der Waals surface area contributed by atoms with Crippen LogP contribution in [0, 0.1) is 5.92 Å². The molecule has 1 aliphatic heterocycles. The van der Waals surface area contributed by atoms with Gasteiger partial charge < -0.3 is 25.2 Å². The van der Waals surface area contributed by atoms with Crippen LogP contribution in [-0.2, 0) is 16.1 Å². The number of rotatable bonds is 9. The molecule has 1 heterocycles. The molecule has 150 valence electrons. The molecule has 2 N–H and O–H groups in total. The monoisotopic (exact) mass is 376 g/mol. The number of hydrogen-bond acceptors (Lipinski definition) is 4. The molecule has 0 unspecified atom stereocenters. The van der Waals surface area contributed by atoms with E-state index < -0.39 is 0 Å². The van der Waals surface area contributed by atoms with Crippen molar-refractivity contribution in [2.75, 3.05) is 53.5 Å². The molecule has 1 aromatic rings. The largest absolute Gasteiger partial charge is 0.383 e. The van der Waals surface area contributed by atoms with Crippen LogP contribution in [0.15, 0.2) is 30.3 Å². The quantitative estimate of drug-likeness (QED) is 0.637. The number of urea groups is 1. The maximum atomic E-state index is 12.6. The van der Waals surface area contributed by atoms with E-state index in [2.05, 4.69) is 10.6 Å². The molecule has 2 rings (SSSR count). The van der Waals surface area contributed by atoms with E-state index in [9.17, 15) is 9.59 Å². The van der Waals surface area contributed by atoms with Gasteiger partial charge in [0.2, 0.25) is 5.91 Å². The minimum atomic E-state index is -0.00699. The highest BCUT2D eigenvalue weighted by Crippen LogP contribution is 2.18. The van der Waals surface area contributed by atoms with Gasteiger partial charge >= 0.3 is 6.03 Å². The van der Waals surface area contributed by atoms with Gasteiger partial charge in [0.15, 0.2) is 0 Å². The van der Waals surface area contributed by atoms with E-state index in [1.807, 2.05) is 42.3 Å². The van der Waals surface area contributed by atoms with Crippen LogP contribution in [0.1, 0.15) is 18.4 Å². The molecule has 1 aliphatic rings. The van der Waals surface area contributed by atoms with E-state index >= 15 is 0 Å². The Kier molecular flexibility index (Phi) is 9.07. The van der Waals surface area contributed by atoms with Crippen molar-refractivity contribution in [2.45, 2.75) is 19.4 Å². The molecule has 0 bridgehead atoms. The Labute approximate surface area is 162 Å². The molecule has 0 aliphatic carbocycles. The normalized spacial score (nSPS) is 14.8. The maximum absolute atomic E-state index is 12.6. The van der Waals surface area contributed by atoms with Gasteiger partial charge in [-0.3, -0.25) is 4.79 Å². The summed E-state index contributed by atoms with van der Waals surface area (Å²) in [5.74, 6) is 0.0840. The SMILES string of the molecule is COCCNCCNC(=O)C1CCN(C(=O)N(C)Cc2ccccc2)CC1. The van der Waals surface area contributed by atoms with Gasteiger partial charge in [-0.15, -0.1) is 0 Å². The van der Waals surface area contributed by atoms with Gasteiger partial charge in [0.1, 0.15) is 0 Å². The smallest absolute Gasteiger partial charge is 0.320 e. The molecule has 7 nitrogen and oxygen atoms in total. The molecule has 1 saturated heterocycles. The summed E-state index contributed by atoms with van der Waals surface area (Å²) in [6.45, 7) is 4.64. The number of ether oxygens (including phenoxy) is 1. The molecule has 3 amide bonds. The highest BCUT2D eigenvalue weighted by atomic mass is 16.5. The molecular formula is C20H32N4O3. The van der Waals surface area contributed by atoms with Crippen molar-refractivity contribution in [2.24, 2.45) is 5.92 Å². The number of hydrogen-bond donors (Lipinski definition) is 2. The number of nitrogens with zero attached hydrogens (tertiary/aromatic N) is 2. The first-order valence-electron chi connectivity index (χ1n) is 9.63. The fourth-order valence-electron chi connectivity index (χ4n) is 3.22. The average Bonchev–Trinajstić information content (AvgIpc) is 2.70. The van der Waals surface area contributed by atoms with Gasteiger partial charge in [-0.05, 0) is 18.4 Å². The summed E-state index contributed by atoms with van der Waals surface area (Å²) in [6, 6.07) is 9.99. The number of carbonyl (C=O) groups excluding carboxylic acids is 2. The zero-order valence-electron chi connectivity index (χ0n) is 16.4. The number of carbonyl (C=O) groups is 2. The lowest BCUT2D eigenvalue weighted by molar-refractivity contribution is -0.126. The van der Waals surface area contributed by atoms with Crippen molar-refractivity contribution in [1.29, 1.82) is 0 Å². The van der Waals surface area contributed by atoms with Crippen LogP contribution < -0.4 is 10.6 Å². The fourth-order valence-corrected chi connectivity index (χ4v) is 3.22. The predicted molar refractivity (Wildman–Crippen MR) is 105 cm³/mol. The van der Waals surface area contributed by atoms with Gasteiger partial charge in [0.25, 0.3) is 0 Å². The summed E-state index contributed by atoms with van der Waals surface area (Å²) >= 11 is 0. The number of piperidine rings is 1. The minimum Gasteiger partial charge on any atom is -0.383 e. The average molecular weight is 377 g/mol. The van der Waals surface area contributed by atoms with E-state index in [0.29, 0.717) is 45.6 Å². The lowest BCUT2D eigenvalue weighted by Crippen LogP contribution is -2.47. The second-order valence-electron chi connectivity index (χ2n) is 6.92. The van der Waals surface area contributed by atoms with Crippen molar-refractivity contribution in [3.8, 4) is 0 Å². The molecule has 1 fully saturated rings. The molecule has 0 saturated carbocycles. The molecule has 0 spiro atoms. The van der Waals surface area contributed by atoms with Crippen LogP contribution in [0.3, 0.4) is 0 Å². The fraction of sp³-hybridized carbons (Fsp3) is 0.600. The molecule has 7 heteroatoms. The Morgan fingerprint density at radius 2 is 1.85 bits per heavy atom. The van der Waals surface area contributed by atoms with E-state index in [0.717, 1.165) is 18.7 Å². The highest BCUT2D eigenvalue weighted by molar-refractivity contribution is 5.79. The highest BCUT2D eigenvalue weighted by Gasteiger charge is 2.28. The Bertz CT molecular complexity index is 574. The van der Waals surface area contributed by atoms with Crippen LogP contribution >= 0.6 is 0 Å². The summed E-state index contributed by atoms with van der Waals surface area (Å²) in [5, 5.41) is 6.17. The van der Waals surface area contributed by atoms with Crippen molar-refractivity contribution in [1.82, 2.24) is 20.4 Å². The number of methoxy groups -OCH3 is 1. The van der Waals surface area contributed by atoms with Crippen LogP contribution in [0.25, 0.3) is 0 Å². The zero-order valence-corrected chi connectivity index (χ0v) is 16.4. The first kappa shape index (κ1) is 21.2. The first-order valence-corrected chi connectivity index (χ1v) is 9.63. The molecule has 0 aromatic heterocycles. The number of benzene rings is 1. The van der Waals surface area contributed by atoms with Gasteiger partial charge in [-0.2, -0.15) is 0 Å². The Hall–Kier alpha value is -2.12. The summed E-state index contributed by atoms with van der Waals surface area (Å²) in [5.41, 5.74) is 1.11. The van der Waals surface area contributed by atoms with Crippen molar-refractivity contribution in [3.05, 3.63) is 35.9 Å². The topological polar surface area (TPSA) is 73.9 Å². The number of likely N-dealkylation sites (tertiary alicyclic amines) is 1. The molecule has 27 heavy (non-hydrogen) atoms. The zero-order chi connectivity index (χ0) is 19.5. The van der Waals surface area contributed by atoms with Gasteiger partial charge in [0, 0.05) is 59.3 Å². The van der Waals surface area contributed by atoms with E-state index in [4.69, 9.17) is 4.74 Å². The second-order valence-corrected chi connectivity index (χ2v) is 6.92. The van der Waals surface area contributed by atoms with E-state index in [1.54, 1.807) is 12.0 Å². The first-order chi connectivity index (χ1) is 13.1. The van der Waals surface area contributed by atoms with E-state index in [-0.39, 0.29) is 17.9 Å². The third-order valence-corrected chi connectivity index (χ3v) is 4.81. The molecule has 0 atom stereocenters. The Balaban J connectivity index is 1.66. The van der Waals surface area contributed by atoms with Crippen LogP contribution in [-0.4, -0.2) is 75.2 Å². The maximum Gasteiger partial charge on any atom is 0.320 e. The van der Waals surface area contributed by atoms with Crippen LogP contribution in [0.2, 0.25) is 0 Å². The Morgan fingerprint density at radius 3 is 2.52 bits per heavy atom.